The van der Waals surface area contributed by atoms with Crippen LogP contribution in [0.15, 0.2) is 36.7 Å². The van der Waals surface area contributed by atoms with Gasteiger partial charge in [-0.25, -0.2) is 4.68 Å². The third-order valence-electron chi connectivity index (χ3n) is 3.83. The third-order valence-corrected chi connectivity index (χ3v) is 3.83. The summed E-state index contributed by atoms with van der Waals surface area (Å²) in [5, 5.41) is 8.06. The summed E-state index contributed by atoms with van der Waals surface area (Å²) in [4.78, 5) is 0. The van der Waals surface area contributed by atoms with Crippen molar-refractivity contribution in [3.8, 4) is 5.69 Å². The highest BCUT2D eigenvalue weighted by atomic mass is 15.3. The molecule has 3 nitrogen and oxygen atoms in total. The zero-order chi connectivity index (χ0) is 13.1. The summed E-state index contributed by atoms with van der Waals surface area (Å²) < 4.78 is 1.97. The Bertz CT molecular complexity index is 521. The van der Waals surface area contributed by atoms with Gasteiger partial charge in [-0.2, -0.15) is 5.10 Å². The molecule has 1 atom stereocenters. The minimum absolute atomic E-state index is 0.629. The molecular weight excluding hydrogens is 234 g/mol. The Hall–Kier alpha value is -1.61. The van der Waals surface area contributed by atoms with Gasteiger partial charge < -0.3 is 5.32 Å². The maximum Gasteiger partial charge on any atom is 0.0645 e. The molecule has 1 N–H and O–H groups in total. The van der Waals surface area contributed by atoms with E-state index in [1.165, 1.54) is 30.4 Å². The van der Waals surface area contributed by atoms with Crippen molar-refractivity contribution >= 4 is 0 Å². The number of nitrogens with one attached hydrogen (secondary N) is 1. The average molecular weight is 255 g/mol. The highest BCUT2D eigenvalue weighted by Crippen LogP contribution is 2.14. The summed E-state index contributed by atoms with van der Waals surface area (Å²) in [6.45, 7) is 3.27. The summed E-state index contributed by atoms with van der Waals surface area (Å²) in [6, 6.07) is 9.11. The zero-order valence-electron chi connectivity index (χ0n) is 11.5. The highest BCUT2D eigenvalue weighted by molar-refractivity contribution is 5.34. The molecular formula is C16H21N3. The molecule has 3 rings (SSSR count). The number of aryl methyl sites for hydroxylation is 1. The fraction of sp³-hybridized carbons (Fsp3) is 0.438. The smallest absolute Gasteiger partial charge is 0.0645 e. The minimum atomic E-state index is 0.629. The number of benzene rings is 1. The lowest BCUT2D eigenvalue weighted by Gasteiger charge is -2.22. The lowest BCUT2D eigenvalue weighted by Crippen LogP contribution is -2.35. The first-order valence-electron chi connectivity index (χ1n) is 7.15. The Morgan fingerprint density at radius 2 is 2.11 bits per heavy atom. The topological polar surface area (TPSA) is 29.9 Å². The van der Waals surface area contributed by atoms with E-state index in [0.717, 1.165) is 18.7 Å². The summed E-state index contributed by atoms with van der Waals surface area (Å²) in [6.07, 6.45) is 9.20. The fourth-order valence-electron chi connectivity index (χ4n) is 2.69. The Balaban J connectivity index is 1.70. The van der Waals surface area contributed by atoms with E-state index in [-0.39, 0.29) is 0 Å². The summed E-state index contributed by atoms with van der Waals surface area (Å²) in [5.41, 5.74) is 3.73. The minimum Gasteiger partial charge on any atom is -0.314 e. The van der Waals surface area contributed by atoms with Crippen LogP contribution in [0, 0.1) is 6.92 Å². The zero-order valence-corrected chi connectivity index (χ0v) is 11.5. The largest absolute Gasteiger partial charge is 0.314 e. The first kappa shape index (κ1) is 12.4. The van der Waals surface area contributed by atoms with Gasteiger partial charge in [0.1, 0.15) is 0 Å². The predicted octanol–water partition coefficient (Wildman–Crippen LogP) is 2.87. The van der Waals surface area contributed by atoms with Gasteiger partial charge in [0.15, 0.2) is 0 Å². The van der Waals surface area contributed by atoms with Crippen molar-refractivity contribution in [2.24, 2.45) is 0 Å². The summed E-state index contributed by atoms with van der Waals surface area (Å²) in [7, 11) is 0. The van der Waals surface area contributed by atoms with Crippen molar-refractivity contribution in [2.45, 2.75) is 38.6 Å². The van der Waals surface area contributed by atoms with Gasteiger partial charge in [0.25, 0.3) is 0 Å². The summed E-state index contributed by atoms with van der Waals surface area (Å²) >= 11 is 0. The first-order valence-corrected chi connectivity index (χ1v) is 7.15. The number of aromatic nitrogens is 2. The lowest BCUT2D eigenvalue weighted by molar-refractivity contribution is 0.399. The highest BCUT2D eigenvalue weighted by Gasteiger charge is 2.13. The molecule has 1 aliphatic heterocycles. The fourth-order valence-corrected chi connectivity index (χ4v) is 2.69. The molecule has 0 amide bonds. The van der Waals surface area contributed by atoms with Gasteiger partial charge in [-0.1, -0.05) is 24.1 Å². The average Bonchev–Trinajstić information content (AvgIpc) is 2.89. The Kier molecular flexibility index (Phi) is 3.65. The van der Waals surface area contributed by atoms with Gasteiger partial charge in [-0.05, 0) is 50.4 Å². The van der Waals surface area contributed by atoms with Crippen molar-refractivity contribution in [1.29, 1.82) is 0 Å². The van der Waals surface area contributed by atoms with Crippen molar-refractivity contribution in [3.05, 3.63) is 47.8 Å². The van der Waals surface area contributed by atoms with E-state index >= 15 is 0 Å². The van der Waals surface area contributed by atoms with Crippen LogP contribution in [0.25, 0.3) is 5.69 Å². The van der Waals surface area contributed by atoms with Crippen LogP contribution in [-0.2, 0) is 6.42 Å². The Morgan fingerprint density at radius 3 is 2.84 bits per heavy atom. The van der Waals surface area contributed by atoms with Crippen molar-refractivity contribution in [2.75, 3.05) is 6.54 Å². The van der Waals surface area contributed by atoms with Crippen LogP contribution in [-0.4, -0.2) is 22.4 Å². The maximum absolute atomic E-state index is 4.47. The molecule has 0 radical (unpaired) electrons. The number of rotatable bonds is 3. The maximum atomic E-state index is 4.47. The van der Waals surface area contributed by atoms with Gasteiger partial charge in [0.2, 0.25) is 0 Å². The third kappa shape index (κ3) is 3.04. The van der Waals surface area contributed by atoms with E-state index in [2.05, 4.69) is 47.8 Å². The van der Waals surface area contributed by atoms with Crippen molar-refractivity contribution < 1.29 is 0 Å². The van der Waals surface area contributed by atoms with Crippen molar-refractivity contribution in [1.82, 2.24) is 15.1 Å². The molecule has 1 unspecified atom stereocenters. The number of nitrogens with zero attached hydrogens (tertiary/aromatic N) is 2. The molecule has 100 valence electrons. The van der Waals surface area contributed by atoms with Crippen LogP contribution in [0.1, 0.15) is 30.4 Å². The second-order valence-corrected chi connectivity index (χ2v) is 5.48. The van der Waals surface area contributed by atoms with E-state index < -0.39 is 0 Å². The molecule has 0 saturated carbocycles. The van der Waals surface area contributed by atoms with Crippen molar-refractivity contribution in [3.63, 3.8) is 0 Å². The predicted molar refractivity (Wildman–Crippen MR) is 77.6 cm³/mol. The summed E-state index contributed by atoms with van der Waals surface area (Å²) in [5.74, 6) is 0. The van der Waals surface area contributed by atoms with Gasteiger partial charge in [0, 0.05) is 12.2 Å². The molecule has 1 fully saturated rings. The second kappa shape index (κ2) is 5.57. The molecule has 1 aliphatic rings. The second-order valence-electron chi connectivity index (χ2n) is 5.48. The molecule has 2 aromatic rings. The number of hydrogen-bond acceptors (Lipinski definition) is 2. The molecule has 0 aliphatic carbocycles. The normalized spacial score (nSPS) is 19.5. The van der Waals surface area contributed by atoms with Crippen LogP contribution in [0.4, 0.5) is 0 Å². The van der Waals surface area contributed by atoms with E-state index in [1.807, 2.05) is 10.9 Å². The molecule has 3 heteroatoms. The lowest BCUT2D eigenvalue weighted by atomic mass is 10.00. The SMILES string of the molecule is Cc1ccc(-n2cc(CC3CCCCN3)cn2)cc1. The van der Waals surface area contributed by atoms with Crippen LogP contribution in [0.5, 0.6) is 0 Å². The van der Waals surface area contributed by atoms with Gasteiger partial charge >= 0.3 is 0 Å². The van der Waals surface area contributed by atoms with Gasteiger partial charge in [-0.15, -0.1) is 0 Å². The monoisotopic (exact) mass is 255 g/mol. The number of piperidine rings is 1. The van der Waals surface area contributed by atoms with Crippen LogP contribution < -0.4 is 5.32 Å². The molecule has 19 heavy (non-hydrogen) atoms. The Labute approximate surface area is 114 Å². The first-order chi connectivity index (χ1) is 9.31. The van der Waals surface area contributed by atoms with Gasteiger partial charge in [-0.3, -0.25) is 0 Å². The molecule has 0 spiro atoms. The molecule has 0 bridgehead atoms. The van der Waals surface area contributed by atoms with E-state index in [0.29, 0.717) is 6.04 Å². The quantitative estimate of drug-likeness (QED) is 0.914. The van der Waals surface area contributed by atoms with Crippen LogP contribution in [0.2, 0.25) is 0 Å². The van der Waals surface area contributed by atoms with E-state index in [4.69, 9.17) is 0 Å². The van der Waals surface area contributed by atoms with E-state index in [9.17, 15) is 0 Å². The Morgan fingerprint density at radius 1 is 1.26 bits per heavy atom. The van der Waals surface area contributed by atoms with Gasteiger partial charge in [0.05, 0.1) is 11.9 Å². The molecule has 1 aromatic carbocycles. The van der Waals surface area contributed by atoms with Crippen LogP contribution in [0.3, 0.4) is 0 Å². The van der Waals surface area contributed by atoms with Crippen LogP contribution >= 0.6 is 0 Å². The molecule has 1 saturated heterocycles. The molecule has 2 heterocycles. The van der Waals surface area contributed by atoms with E-state index in [1.54, 1.807) is 0 Å². The molecule has 1 aromatic heterocycles. The number of hydrogen-bond donors (Lipinski definition) is 1. The standard InChI is InChI=1S/C16H21N3/c1-13-5-7-16(8-6-13)19-12-14(11-18-19)10-15-4-2-3-9-17-15/h5-8,11-12,15,17H,2-4,9-10H2,1H3.